The molecule has 0 bridgehead atoms. The number of halogens is 6. The molecule has 3 aromatic rings. The highest BCUT2D eigenvalue weighted by atomic mass is 79.9. The van der Waals surface area contributed by atoms with Gasteiger partial charge in [0.2, 0.25) is 5.90 Å². The molecular weight excluding hydrogens is 555 g/mol. The number of benzene rings is 2. The minimum Gasteiger partial charge on any atom is -0.481 e. The number of aromatic nitrogens is 1. The third-order valence-corrected chi connectivity index (χ3v) is 6.61. The number of aryl methyl sites for hydroxylation is 2. The molecule has 0 fully saturated rings. The number of alkyl halides is 3. The summed E-state index contributed by atoms with van der Waals surface area (Å²) in [6.07, 6.45) is -0.812. The van der Waals surface area contributed by atoms with Crippen LogP contribution < -0.4 is 0 Å². The number of nitrogens with one attached hydrogen (secondary N) is 1. The highest BCUT2D eigenvalue weighted by Crippen LogP contribution is 2.42. The van der Waals surface area contributed by atoms with Gasteiger partial charge in [0.05, 0.1) is 18.2 Å². The van der Waals surface area contributed by atoms with Crippen LogP contribution in [0.1, 0.15) is 59.7 Å². The lowest BCUT2D eigenvalue weighted by Crippen LogP contribution is -2.08. The Morgan fingerprint density at radius 2 is 1.73 bits per heavy atom. The first-order valence-electron chi connectivity index (χ1n) is 11.6. The van der Waals surface area contributed by atoms with Crippen molar-refractivity contribution in [2.24, 2.45) is 0 Å². The van der Waals surface area contributed by atoms with Gasteiger partial charge < -0.3 is 4.74 Å². The van der Waals surface area contributed by atoms with E-state index in [1.807, 2.05) is 13.0 Å². The molecule has 0 spiro atoms. The van der Waals surface area contributed by atoms with Crippen LogP contribution in [-0.2, 0) is 17.3 Å². The normalized spacial score (nSPS) is 13.3. The Bertz CT molecular complexity index is 1330. The Kier molecular flexibility index (Phi) is 9.23. The van der Waals surface area contributed by atoms with Gasteiger partial charge in [0, 0.05) is 16.4 Å². The molecular formula is C28H26BrF5N2O. The molecule has 4 rings (SSSR count). The second-order valence-corrected chi connectivity index (χ2v) is 9.40. The van der Waals surface area contributed by atoms with Gasteiger partial charge in [-0.15, -0.1) is 0 Å². The van der Waals surface area contributed by atoms with E-state index >= 15 is 0 Å². The van der Waals surface area contributed by atoms with Crippen LogP contribution in [0.25, 0.3) is 11.1 Å². The lowest BCUT2D eigenvalue weighted by Gasteiger charge is -2.14. The monoisotopic (exact) mass is 580 g/mol. The topological polar surface area (TPSA) is 46.0 Å². The molecule has 1 aromatic heterocycles. The van der Waals surface area contributed by atoms with Crippen LogP contribution in [0.4, 0.5) is 22.0 Å². The van der Waals surface area contributed by atoms with Crippen molar-refractivity contribution in [3.8, 4) is 0 Å². The van der Waals surface area contributed by atoms with Crippen molar-refractivity contribution in [3.05, 3.63) is 98.3 Å². The number of hydrogen-bond donors (Lipinski definition) is 1. The fourth-order valence-electron chi connectivity index (χ4n) is 4.16. The van der Waals surface area contributed by atoms with Crippen LogP contribution in [0.3, 0.4) is 0 Å². The number of ether oxygens (including phenoxy) is 1. The fourth-order valence-corrected chi connectivity index (χ4v) is 4.49. The van der Waals surface area contributed by atoms with Gasteiger partial charge in [-0.05, 0) is 90.8 Å². The van der Waals surface area contributed by atoms with Crippen LogP contribution >= 0.6 is 15.9 Å². The van der Waals surface area contributed by atoms with E-state index in [2.05, 4.69) is 20.9 Å². The zero-order valence-corrected chi connectivity index (χ0v) is 22.2. The first-order valence-corrected chi connectivity index (χ1v) is 12.4. The van der Waals surface area contributed by atoms with Gasteiger partial charge in [0.25, 0.3) is 0 Å². The van der Waals surface area contributed by atoms with Crippen LogP contribution in [0, 0.1) is 24.0 Å². The molecule has 9 heteroatoms. The summed E-state index contributed by atoms with van der Waals surface area (Å²) in [7, 11) is 1.28. The summed E-state index contributed by atoms with van der Waals surface area (Å²) in [6.45, 7) is 3.61. The molecule has 1 heterocycles. The number of nitrogens with zero attached hydrogens (tertiary/aromatic N) is 1. The molecule has 1 aliphatic carbocycles. The van der Waals surface area contributed by atoms with Crippen molar-refractivity contribution in [2.75, 3.05) is 7.11 Å². The molecule has 37 heavy (non-hydrogen) atoms. The maximum Gasteiger partial charge on any atom is 0.417 e. The summed E-state index contributed by atoms with van der Waals surface area (Å²) in [5.74, 6) is -1.01. The summed E-state index contributed by atoms with van der Waals surface area (Å²) < 4.78 is 71.7. The van der Waals surface area contributed by atoms with Crippen molar-refractivity contribution in [1.29, 1.82) is 5.41 Å². The Balaban J connectivity index is 0.000000319. The predicted octanol–water partition coefficient (Wildman–Crippen LogP) is 8.76. The number of allylic oxidation sites excluding steroid dienone is 2. The van der Waals surface area contributed by atoms with Gasteiger partial charge in [0.15, 0.2) is 0 Å². The molecule has 3 nitrogen and oxygen atoms in total. The van der Waals surface area contributed by atoms with E-state index in [0.717, 1.165) is 46.3 Å². The lowest BCUT2D eigenvalue weighted by atomic mass is 9.94. The summed E-state index contributed by atoms with van der Waals surface area (Å²) in [4.78, 5) is 3.92. The Morgan fingerprint density at radius 1 is 1.03 bits per heavy atom. The molecule has 0 unspecified atom stereocenters. The summed E-state index contributed by atoms with van der Waals surface area (Å²) >= 11 is 3.19. The number of pyridine rings is 1. The van der Waals surface area contributed by atoms with Crippen molar-refractivity contribution in [3.63, 3.8) is 0 Å². The third kappa shape index (κ3) is 6.83. The van der Waals surface area contributed by atoms with E-state index in [4.69, 9.17) is 10.1 Å². The van der Waals surface area contributed by atoms with E-state index in [1.54, 1.807) is 19.1 Å². The average Bonchev–Trinajstić information content (AvgIpc) is 3.33. The van der Waals surface area contributed by atoms with E-state index in [9.17, 15) is 22.0 Å². The minimum atomic E-state index is -4.47. The molecule has 0 atom stereocenters. The second-order valence-electron chi connectivity index (χ2n) is 8.48. The van der Waals surface area contributed by atoms with Crippen LogP contribution in [0.2, 0.25) is 0 Å². The highest BCUT2D eigenvalue weighted by Gasteiger charge is 2.32. The SMILES string of the molecule is CCc1ccc(Br)cc1F.COC(=N)c1cc(C2=C(c3cc(C(F)(F)F)cnc3C)CCC2)ccc1F. The van der Waals surface area contributed by atoms with E-state index in [-0.39, 0.29) is 17.3 Å². The summed E-state index contributed by atoms with van der Waals surface area (Å²) in [5.41, 5.74) is 3.29. The van der Waals surface area contributed by atoms with Crippen molar-refractivity contribution in [2.45, 2.75) is 45.7 Å². The predicted molar refractivity (Wildman–Crippen MR) is 138 cm³/mol. The molecule has 2 aromatic carbocycles. The van der Waals surface area contributed by atoms with Crippen LogP contribution in [0.15, 0.2) is 53.1 Å². The average molecular weight is 581 g/mol. The quantitative estimate of drug-likeness (QED) is 0.190. The molecule has 0 radical (unpaired) electrons. The molecule has 1 N–H and O–H groups in total. The van der Waals surface area contributed by atoms with Crippen molar-refractivity contribution >= 4 is 33.0 Å². The zero-order valence-electron chi connectivity index (χ0n) is 20.6. The minimum absolute atomic E-state index is 0.0210. The van der Waals surface area contributed by atoms with Gasteiger partial charge in [-0.25, -0.2) is 8.78 Å². The molecule has 0 saturated carbocycles. The second kappa shape index (κ2) is 12.0. The summed E-state index contributed by atoms with van der Waals surface area (Å²) in [6, 6.07) is 10.6. The van der Waals surface area contributed by atoms with Crippen molar-refractivity contribution < 1.29 is 26.7 Å². The zero-order chi connectivity index (χ0) is 27.3. The maximum absolute atomic E-state index is 14.0. The Morgan fingerprint density at radius 3 is 2.35 bits per heavy atom. The van der Waals surface area contributed by atoms with E-state index in [1.165, 1.54) is 25.3 Å². The smallest absolute Gasteiger partial charge is 0.417 e. The van der Waals surface area contributed by atoms with Crippen molar-refractivity contribution in [1.82, 2.24) is 4.98 Å². The van der Waals surface area contributed by atoms with Gasteiger partial charge >= 0.3 is 6.18 Å². The first kappa shape index (κ1) is 28.5. The van der Waals surface area contributed by atoms with Gasteiger partial charge in [-0.2, -0.15) is 13.2 Å². The molecule has 1 aliphatic rings. The lowest BCUT2D eigenvalue weighted by molar-refractivity contribution is -0.137. The van der Waals surface area contributed by atoms with Gasteiger partial charge in [-0.3, -0.25) is 10.4 Å². The fraction of sp³-hybridized carbons (Fsp3) is 0.286. The largest absolute Gasteiger partial charge is 0.481 e. The maximum atomic E-state index is 14.0. The van der Waals surface area contributed by atoms with Crippen LogP contribution in [-0.4, -0.2) is 18.0 Å². The molecule has 0 saturated heterocycles. The molecule has 0 aliphatic heterocycles. The standard InChI is InChI=1S/C20H18F4N2O.C8H8BrF/c1-11-16(9-13(10-26-11)20(22,23)24)15-5-3-4-14(15)12-6-7-18(21)17(8-12)19(25)27-2;1-2-6-3-4-7(9)5-8(6)10/h6-10,25H,3-5H2,1-2H3;3-5H,2H2,1H3. The van der Waals surface area contributed by atoms with E-state index in [0.29, 0.717) is 29.7 Å². The van der Waals surface area contributed by atoms with Crippen LogP contribution in [0.5, 0.6) is 0 Å². The molecule has 0 amide bonds. The van der Waals surface area contributed by atoms with E-state index < -0.39 is 17.6 Å². The number of hydrogen-bond acceptors (Lipinski definition) is 3. The first-order chi connectivity index (χ1) is 17.5. The summed E-state index contributed by atoms with van der Waals surface area (Å²) in [5, 5.41) is 7.72. The Hall–Kier alpha value is -3.07. The highest BCUT2D eigenvalue weighted by molar-refractivity contribution is 9.10. The van der Waals surface area contributed by atoms with Gasteiger partial charge in [0.1, 0.15) is 11.6 Å². The third-order valence-electron chi connectivity index (χ3n) is 6.12. The number of rotatable bonds is 4. The van der Waals surface area contributed by atoms with Gasteiger partial charge in [-0.1, -0.05) is 35.0 Å². The Labute approximate surface area is 221 Å². The molecule has 196 valence electrons. The number of methoxy groups -OCH3 is 1.